The van der Waals surface area contributed by atoms with E-state index in [2.05, 4.69) is 33.8 Å². The number of nitrogens with zero attached hydrogens (tertiary/aromatic N) is 1. The number of anilines is 1. The summed E-state index contributed by atoms with van der Waals surface area (Å²) < 4.78 is 0. The van der Waals surface area contributed by atoms with E-state index in [0.717, 1.165) is 16.5 Å². The summed E-state index contributed by atoms with van der Waals surface area (Å²) in [5, 5.41) is 17.8. The Morgan fingerprint density at radius 2 is 2.04 bits per heavy atom. The number of fused-ring (bicyclic) bond motifs is 1. The molecule has 0 bridgehead atoms. The Hall–Kier alpha value is -3.35. The molecule has 1 amide bonds. The van der Waals surface area contributed by atoms with Gasteiger partial charge in [-0.25, -0.2) is 0 Å². The maximum atomic E-state index is 12.0. The number of carbonyl (C=O) groups is 1. The molecular formula is C19H20N4O3. The number of nitrogens with one attached hydrogen (secondary N) is 3. The topological polar surface area (TPSA) is 100 Å². The van der Waals surface area contributed by atoms with Crippen LogP contribution in [0, 0.1) is 17.0 Å². The van der Waals surface area contributed by atoms with Crippen LogP contribution in [-0.2, 0) is 11.2 Å². The highest BCUT2D eigenvalue weighted by molar-refractivity contribution is 5.84. The van der Waals surface area contributed by atoms with Crippen LogP contribution in [0.2, 0.25) is 0 Å². The summed E-state index contributed by atoms with van der Waals surface area (Å²) in [4.78, 5) is 25.7. The van der Waals surface area contributed by atoms with Crippen LogP contribution in [0.1, 0.15) is 11.1 Å². The van der Waals surface area contributed by atoms with Crippen LogP contribution in [0.15, 0.2) is 48.7 Å². The van der Waals surface area contributed by atoms with Gasteiger partial charge in [0.25, 0.3) is 5.69 Å². The van der Waals surface area contributed by atoms with E-state index in [9.17, 15) is 14.9 Å². The molecule has 0 saturated carbocycles. The van der Waals surface area contributed by atoms with Crippen LogP contribution in [0.4, 0.5) is 11.4 Å². The molecule has 0 aliphatic carbocycles. The first kappa shape index (κ1) is 17.5. The van der Waals surface area contributed by atoms with E-state index in [1.54, 1.807) is 18.2 Å². The maximum Gasteiger partial charge on any atom is 0.292 e. The van der Waals surface area contributed by atoms with Gasteiger partial charge in [0.15, 0.2) is 0 Å². The molecule has 134 valence electrons. The van der Waals surface area contributed by atoms with E-state index in [1.807, 2.05) is 13.1 Å². The molecule has 0 spiro atoms. The van der Waals surface area contributed by atoms with Crippen molar-refractivity contribution < 1.29 is 9.72 Å². The SMILES string of the molecule is Cc1ccc2c(CCNC(=O)CNc3ccccc3[N+](=O)[O-])c[nH]c2c1. The maximum absolute atomic E-state index is 12.0. The van der Waals surface area contributed by atoms with Crippen molar-refractivity contribution in [3.8, 4) is 0 Å². The monoisotopic (exact) mass is 352 g/mol. The molecule has 0 saturated heterocycles. The predicted molar refractivity (Wildman–Crippen MR) is 101 cm³/mol. The number of para-hydroxylation sites is 2. The summed E-state index contributed by atoms with van der Waals surface area (Å²) in [5.74, 6) is -0.209. The second kappa shape index (κ2) is 7.69. The van der Waals surface area contributed by atoms with Crippen LogP contribution in [0.25, 0.3) is 10.9 Å². The molecule has 3 rings (SSSR count). The highest BCUT2D eigenvalue weighted by Crippen LogP contribution is 2.22. The summed E-state index contributed by atoms with van der Waals surface area (Å²) in [6, 6.07) is 12.5. The number of rotatable bonds is 7. The molecule has 0 aliphatic heterocycles. The van der Waals surface area contributed by atoms with Crippen molar-refractivity contribution in [3.05, 3.63) is 69.9 Å². The minimum atomic E-state index is -0.473. The number of nitro benzene ring substituents is 1. The summed E-state index contributed by atoms with van der Waals surface area (Å²) in [5.41, 5.74) is 3.71. The fourth-order valence-corrected chi connectivity index (χ4v) is 2.86. The number of hydrogen-bond donors (Lipinski definition) is 3. The molecule has 0 aliphatic rings. The van der Waals surface area contributed by atoms with Gasteiger partial charge < -0.3 is 15.6 Å². The van der Waals surface area contributed by atoms with Gasteiger partial charge in [0.1, 0.15) is 5.69 Å². The molecule has 1 aromatic heterocycles. The third kappa shape index (κ3) is 4.00. The number of amides is 1. The number of aryl methyl sites for hydroxylation is 1. The van der Waals surface area contributed by atoms with Crippen molar-refractivity contribution in [1.29, 1.82) is 0 Å². The average Bonchev–Trinajstić information content (AvgIpc) is 3.02. The van der Waals surface area contributed by atoms with E-state index in [0.29, 0.717) is 18.7 Å². The first-order chi connectivity index (χ1) is 12.5. The largest absolute Gasteiger partial charge is 0.371 e. The third-order valence-corrected chi connectivity index (χ3v) is 4.18. The molecule has 3 aromatic rings. The Morgan fingerprint density at radius 3 is 2.85 bits per heavy atom. The molecule has 2 aromatic carbocycles. The summed E-state index contributed by atoms with van der Waals surface area (Å²) in [6.45, 7) is 2.53. The number of carbonyl (C=O) groups excluding carboxylic acids is 1. The Kier molecular flexibility index (Phi) is 5.17. The van der Waals surface area contributed by atoms with Gasteiger partial charge in [-0.1, -0.05) is 24.3 Å². The summed E-state index contributed by atoms with van der Waals surface area (Å²) >= 11 is 0. The number of hydrogen-bond acceptors (Lipinski definition) is 4. The van der Waals surface area contributed by atoms with Crippen LogP contribution in [0.3, 0.4) is 0 Å². The van der Waals surface area contributed by atoms with Gasteiger partial charge >= 0.3 is 0 Å². The van der Waals surface area contributed by atoms with Crippen molar-refractivity contribution in [2.24, 2.45) is 0 Å². The Bertz CT molecular complexity index is 949. The number of H-pyrrole nitrogens is 1. The molecule has 26 heavy (non-hydrogen) atoms. The van der Waals surface area contributed by atoms with E-state index in [-0.39, 0.29) is 18.1 Å². The van der Waals surface area contributed by atoms with Gasteiger partial charge in [-0.05, 0) is 36.6 Å². The smallest absolute Gasteiger partial charge is 0.292 e. The van der Waals surface area contributed by atoms with Gasteiger partial charge in [0.2, 0.25) is 5.91 Å². The lowest BCUT2D eigenvalue weighted by atomic mass is 10.1. The summed E-state index contributed by atoms with van der Waals surface area (Å²) in [7, 11) is 0. The van der Waals surface area contributed by atoms with E-state index in [1.165, 1.54) is 11.6 Å². The quantitative estimate of drug-likeness (QED) is 0.449. The van der Waals surface area contributed by atoms with Crippen molar-refractivity contribution in [3.63, 3.8) is 0 Å². The third-order valence-electron chi connectivity index (χ3n) is 4.18. The van der Waals surface area contributed by atoms with Gasteiger partial charge in [-0.3, -0.25) is 14.9 Å². The number of aromatic nitrogens is 1. The van der Waals surface area contributed by atoms with Gasteiger partial charge in [0.05, 0.1) is 11.5 Å². The van der Waals surface area contributed by atoms with Crippen LogP contribution < -0.4 is 10.6 Å². The zero-order valence-corrected chi connectivity index (χ0v) is 14.4. The lowest BCUT2D eigenvalue weighted by Gasteiger charge is -2.08. The zero-order valence-electron chi connectivity index (χ0n) is 14.4. The highest BCUT2D eigenvalue weighted by Gasteiger charge is 2.13. The second-order valence-electron chi connectivity index (χ2n) is 6.09. The molecule has 0 atom stereocenters. The predicted octanol–water partition coefficient (Wildman–Crippen LogP) is 3.16. The summed E-state index contributed by atoms with van der Waals surface area (Å²) in [6.07, 6.45) is 2.67. The van der Waals surface area contributed by atoms with E-state index < -0.39 is 4.92 Å². The number of benzene rings is 2. The van der Waals surface area contributed by atoms with Gasteiger partial charge in [-0.2, -0.15) is 0 Å². The fourth-order valence-electron chi connectivity index (χ4n) is 2.86. The van der Waals surface area contributed by atoms with E-state index >= 15 is 0 Å². The van der Waals surface area contributed by atoms with Crippen molar-refractivity contribution in [1.82, 2.24) is 10.3 Å². The van der Waals surface area contributed by atoms with E-state index in [4.69, 9.17) is 0 Å². The Morgan fingerprint density at radius 1 is 1.23 bits per heavy atom. The first-order valence-corrected chi connectivity index (χ1v) is 8.35. The lowest BCUT2D eigenvalue weighted by molar-refractivity contribution is -0.383. The average molecular weight is 352 g/mol. The van der Waals surface area contributed by atoms with Crippen LogP contribution in [-0.4, -0.2) is 28.9 Å². The van der Waals surface area contributed by atoms with Crippen LogP contribution >= 0.6 is 0 Å². The number of aromatic amines is 1. The molecule has 0 fully saturated rings. The molecule has 7 heteroatoms. The second-order valence-corrected chi connectivity index (χ2v) is 6.09. The molecule has 0 radical (unpaired) electrons. The molecule has 7 nitrogen and oxygen atoms in total. The minimum absolute atomic E-state index is 0.0159. The standard InChI is InChI=1S/C19H20N4O3/c1-13-6-7-15-14(11-21-17(15)10-13)8-9-20-19(24)12-22-16-4-2-3-5-18(16)23(25)26/h2-7,10-11,21-22H,8-9,12H2,1H3,(H,20,24). The molecule has 3 N–H and O–H groups in total. The number of nitro groups is 1. The molecule has 1 heterocycles. The molecule has 0 unspecified atom stereocenters. The van der Waals surface area contributed by atoms with Crippen molar-refractivity contribution in [2.75, 3.05) is 18.4 Å². The highest BCUT2D eigenvalue weighted by atomic mass is 16.6. The normalized spacial score (nSPS) is 10.7. The van der Waals surface area contributed by atoms with Gasteiger partial charge in [-0.15, -0.1) is 0 Å². The van der Waals surface area contributed by atoms with Crippen molar-refractivity contribution in [2.45, 2.75) is 13.3 Å². The van der Waals surface area contributed by atoms with Gasteiger partial charge in [0, 0.05) is 29.7 Å². The van der Waals surface area contributed by atoms with Crippen molar-refractivity contribution >= 4 is 28.2 Å². The first-order valence-electron chi connectivity index (χ1n) is 8.35. The zero-order chi connectivity index (χ0) is 18.5. The van der Waals surface area contributed by atoms with Crippen LogP contribution in [0.5, 0.6) is 0 Å². The Labute approximate surface area is 150 Å². The fraction of sp³-hybridized carbons (Fsp3) is 0.211. The molecular weight excluding hydrogens is 332 g/mol. The minimum Gasteiger partial charge on any atom is -0.371 e. The lowest BCUT2D eigenvalue weighted by Crippen LogP contribution is -2.31. The Balaban J connectivity index is 1.51.